The van der Waals surface area contributed by atoms with Gasteiger partial charge in [-0.15, -0.1) is 0 Å². The van der Waals surface area contributed by atoms with Crippen LogP contribution in [0, 0.1) is 0 Å². The summed E-state index contributed by atoms with van der Waals surface area (Å²) in [7, 11) is 1.57. The summed E-state index contributed by atoms with van der Waals surface area (Å²) in [6, 6.07) is 11.9. The molecule has 0 spiro atoms. The molecule has 1 atom stereocenters. The van der Waals surface area contributed by atoms with Crippen LogP contribution in [0.4, 0.5) is 11.4 Å². The van der Waals surface area contributed by atoms with Crippen molar-refractivity contribution in [2.75, 3.05) is 24.4 Å². The van der Waals surface area contributed by atoms with E-state index in [-0.39, 0.29) is 12.5 Å². The van der Waals surface area contributed by atoms with Crippen molar-refractivity contribution in [3.05, 3.63) is 48.0 Å². The number of rotatable bonds is 5. The molecule has 2 aromatic carbocycles. The largest absolute Gasteiger partial charge is 0.497 e. The lowest BCUT2D eigenvalue weighted by atomic mass is 10.1. The van der Waals surface area contributed by atoms with Crippen molar-refractivity contribution in [3.8, 4) is 11.5 Å². The van der Waals surface area contributed by atoms with Gasteiger partial charge in [0.2, 0.25) is 6.23 Å². The molecule has 0 fully saturated rings. The molecule has 25 heavy (non-hydrogen) atoms. The van der Waals surface area contributed by atoms with Crippen LogP contribution in [0.2, 0.25) is 0 Å². The van der Waals surface area contributed by atoms with Gasteiger partial charge in [-0.1, -0.05) is 6.07 Å². The molecule has 1 heterocycles. The third kappa shape index (κ3) is 3.65. The van der Waals surface area contributed by atoms with Crippen molar-refractivity contribution >= 4 is 23.3 Å². The maximum absolute atomic E-state index is 12.3. The summed E-state index contributed by atoms with van der Waals surface area (Å²) in [6.45, 7) is 2.02. The first-order valence-corrected chi connectivity index (χ1v) is 7.80. The summed E-state index contributed by atoms with van der Waals surface area (Å²) < 4.78 is 15.8. The lowest BCUT2D eigenvalue weighted by Crippen LogP contribution is -2.42. The Hall–Kier alpha value is -3.22. The quantitative estimate of drug-likeness (QED) is 0.813. The summed E-state index contributed by atoms with van der Waals surface area (Å²) in [6.07, 6.45) is -0.895. The van der Waals surface area contributed by atoms with Crippen LogP contribution in [-0.2, 0) is 9.53 Å². The van der Waals surface area contributed by atoms with Crippen LogP contribution < -0.4 is 20.1 Å². The van der Waals surface area contributed by atoms with E-state index in [4.69, 9.17) is 14.2 Å². The van der Waals surface area contributed by atoms with Crippen molar-refractivity contribution in [2.45, 2.75) is 13.2 Å². The molecule has 0 radical (unpaired) electrons. The van der Waals surface area contributed by atoms with Crippen LogP contribution in [0.15, 0.2) is 42.5 Å². The number of anilines is 2. The van der Waals surface area contributed by atoms with E-state index in [2.05, 4.69) is 10.6 Å². The molecule has 0 saturated heterocycles. The maximum Gasteiger partial charge on any atom is 0.338 e. The fraction of sp³-hybridized carbons (Fsp3) is 0.222. The fourth-order valence-electron chi connectivity index (χ4n) is 2.41. The number of fused-ring (bicyclic) bond motifs is 1. The molecule has 3 rings (SSSR count). The number of carbonyl (C=O) groups excluding carboxylic acids is 2. The highest BCUT2D eigenvalue weighted by molar-refractivity contribution is 6.00. The van der Waals surface area contributed by atoms with E-state index in [1.54, 1.807) is 44.4 Å². The average molecular weight is 342 g/mol. The zero-order chi connectivity index (χ0) is 17.8. The van der Waals surface area contributed by atoms with Gasteiger partial charge in [-0.2, -0.15) is 0 Å². The predicted molar refractivity (Wildman–Crippen MR) is 92.1 cm³/mol. The number of benzene rings is 2. The van der Waals surface area contributed by atoms with Gasteiger partial charge in [-0.05, 0) is 37.3 Å². The molecule has 7 heteroatoms. The molecule has 1 unspecified atom stereocenters. The van der Waals surface area contributed by atoms with Gasteiger partial charge in [0.25, 0.3) is 5.91 Å². The van der Waals surface area contributed by atoms with Crippen molar-refractivity contribution in [3.63, 3.8) is 0 Å². The first-order chi connectivity index (χ1) is 12.1. The van der Waals surface area contributed by atoms with Gasteiger partial charge < -0.3 is 24.8 Å². The van der Waals surface area contributed by atoms with Gasteiger partial charge >= 0.3 is 5.97 Å². The number of methoxy groups -OCH3 is 1. The van der Waals surface area contributed by atoms with Crippen LogP contribution in [0.5, 0.6) is 11.5 Å². The summed E-state index contributed by atoms with van der Waals surface area (Å²) in [5.74, 6) is 0.321. The van der Waals surface area contributed by atoms with E-state index in [9.17, 15) is 9.59 Å². The number of hydrogen-bond donors (Lipinski definition) is 2. The van der Waals surface area contributed by atoms with Crippen LogP contribution >= 0.6 is 0 Å². The Morgan fingerprint density at radius 3 is 2.88 bits per heavy atom. The molecule has 1 amide bonds. The number of nitrogens with one attached hydrogen (secondary N) is 2. The summed E-state index contributed by atoms with van der Waals surface area (Å²) in [4.78, 5) is 24.1. The Morgan fingerprint density at radius 1 is 1.28 bits per heavy atom. The number of amides is 1. The minimum atomic E-state index is -0.895. The molecule has 0 bridgehead atoms. The molecule has 130 valence electrons. The van der Waals surface area contributed by atoms with E-state index in [1.165, 1.54) is 6.07 Å². The Morgan fingerprint density at radius 2 is 2.12 bits per heavy atom. The van der Waals surface area contributed by atoms with Gasteiger partial charge in [0.1, 0.15) is 11.5 Å². The molecular formula is C18H18N2O5. The van der Waals surface area contributed by atoms with E-state index < -0.39 is 12.2 Å². The Kier molecular flexibility index (Phi) is 4.74. The normalized spacial score (nSPS) is 15.4. The minimum Gasteiger partial charge on any atom is -0.497 e. The number of ether oxygens (including phenoxy) is 3. The van der Waals surface area contributed by atoms with Gasteiger partial charge in [-0.25, -0.2) is 4.79 Å². The monoisotopic (exact) mass is 342 g/mol. The lowest BCUT2D eigenvalue weighted by molar-refractivity contribution is -0.122. The second-order valence-corrected chi connectivity index (χ2v) is 5.29. The predicted octanol–water partition coefficient (Wildman–Crippen LogP) is 2.64. The number of esters is 1. The summed E-state index contributed by atoms with van der Waals surface area (Å²) >= 11 is 0. The van der Waals surface area contributed by atoms with Gasteiger partial charge in [-0.3, -0.25) is 4.79 Å². The zero-order valence-corrected chi connectivity index (χ0v) is 13.9. The van der Waals surface area contributed by atoms with Gasteiger partial charge in [0, 0.05) is 11.8 Å². The topological polar surface area (TPSA) is 85.9 Å². The first-order valence-electron chi connectivity index (χ1n) is 7.80. The summed E-state index contributed by atoms with van der Waals surface area (Å²) in [5, 5.41) is 5.73. The molecule has 2 aromatic rings. The molecule has 7 nitrogen and oxygen atoms in total. The molecule has 0 saturated carbocycles. The molecular weight excluding hydrogens is 324 g/mol. The lowest BCUT2D eigenvalue weighted by Gasteiger charge is -2.27. The first kappa shape index (κ1) is 16.6. The van der Waals surface area contributed by atoms with Crippen LogP contribution in [0.1, 0.15) is 17.3 Å². The highest BCUT2D eigenvalue weighted by atomic mass is 16.5. The van der Waals surface area contributed by atoms with E-state index in [1.807, 2.05) is 6.07 Å². The summed E-state index contributed by atoms with van der Waals surface area (Å²) in [5.41, 5.74) is 1.47. The number of carbonyl (C=O) groups is 2. The Labute approximate surface area is 144 Å². The van der Waals surface area contributed by atoms with Crippen LogP contribution in [0.25, 0.3) is 0 Å². The number of hydrogen-bond acceptors (Lipinski definition) is 6. The second-order valence-electron chi connectivity index (χ2n) is 5.29. The highest BCUT2D eigenvalue weighted by Crippen LogP contribution is 2.31. The third-order valence-electron chi connectivity index (χ3n) is 3.60. The highest BCUT2D eigenvalue weighted by Gasteiger charge is 2.28. The maximum atomic E-state index is 12.3. The van der Waals surface area contributed by atoms with E-state index >= 15 is 0 Å². The second kappa shape index (κ2) is 7.12. The zero-order valence-electron chi connectivity index (χ0n) is 13.9. The fourth-order valence-corrected chi connectivity index (χ4v) is 2.41. The minimum absolute atomic E-state index is 0.283. The molecule has 0 aromatic heterocycles. The Bertz CT molecular complexity index is 806. The van der Waals surface area contributed by atoms with Crippen molar-refractivity contribution in [1.29, 1.82) is 0 Å². The molecule has 1 aliphatic heterocycles. The Balaban J connectivity index is 1.77. The van der Waals surface area contributed by atoms with Crippen molar-refractivity contribution in [1.82, 2.24) is 0 Å². The van der Waals surface area contributed by atoms with Crippen molar-refractivity contribution < 1.29 is 23.8 Å². The van der Waals surface area contributed by atoms with E-state index in [0.29, 0.717) is 28.4 Å². The molecule has 0 aliphatic carbocycles. The van der Waals surface area contributed by atoms with E-state index in [0.717, 1.165) is 0 Å². The SMILES string of the molecule is CCOC(=O)c1ccc2c(c1)NC(=O)C(Nc1cccc(OC)c1)O2. The molecule has 2 N–H and O–H groups in total. The third-order valence-corrected chi connectivity index (χ3v) is 3.60. The van der Waals surface area contributed by atoms with Gasteiger partial charge in [0.15, 0.2) is 0 Å². The molecule has 1 aliphatic rings. The standard InChI is InChI=1S/C18H18N2O5/c1-3-24-18(22)11-7-8-15-14(9-11)20-16(21)17(25-15)19-12-5-4-6-13(10-12)23-2/h4-10,17,19H,3H2,1-2H3,(H,20,21). The van der Waals surface area contributed by atoms with Gasteiger partial charge in [0.05, 0.1) is 25.0 Å². The van der Waals surface area contributed by atoms with Crippen LogP contribution in [0.3, 0.4) is 0 Å². The smallest absolute Gasteiger partial charge is 0.338 e. The average Bonchev–Trinajstić information content (AvgIpc) is 2.62. The van der Waals surface area contributed by atoms with Crippen LogP contribution in [-0.4, -0.2) is 31.8 Å². The van der Waals surface area contributed by atoms with Crippen molar-refractivity contribution in [2.24, 2.45) is 0 Å².